The maximum Gasteiger partial charge on any atom is 0.312 e. The number of nitro groups is 1. The van der Waals surface area contributed by atoms with E-state index in [0.29, 0.717) is 11.0 Å². The first-order valence-electron chi connectivity index (χ1n) is 4.95. The largest absolute Gasteiger partial charge is 0.377 e. The van der Waals surface area contributed by atoms with Gasteiger partial charge >= 0.3 is 5.69 Å². The Morgan fingerprint density at radius 3 is 2.82 bits per heavy atom. The van der Waals surface area contributed by atoms with E-state index in [9.17, 15) is 10.1 Å². The third-order valence-electron chi connectivity index (χ3n) is 2.27. The number of nitrogens with one attached hydrogen (secondary N) is 1. The van der Waals surface area contributed by atoms with Crippen molar-refractivity contribution in [2.75, 3.05) is 19.0 Å². The van der Waals surface area contributed by atoms with Gasteiger partial charge in [-0.2, -0.15) is 0 Å². The van der Waals surface area contributed by atoms with Crippen LogP contribution in [0.25, 0.3) is 0 Å². The van der Waals surface area contributed by atoms with Crippen LogP contribution >= 0.6 is 15.9 Å². The van der Waals surface area contributed by atoms with E-state index in [1.807, 2.05) is 13.8 Å². The quantitative estimate of drug-likeness (QED) is 0.668. The van der Waals surface area contributed by atoms with Crippen molar-refractivity contribution in [1.29, 1.82) is 0 Å². The zero-order chi connectivity index (χ0) is 13.1. The number of anilines is 1. The standard InChI is InChI=1S/C10H14BrN3O3/c1-10(2,17-3)6-13-9-8(14(15)16)4-7(11)5-12-9/h4-5H,6H2,1-3H3,(H,12,13). The summed E-state index contributed by atoms with van der Waals surface area (Å²) in [5, 5.41) is 13.8. The molecule has 0 atom stereocenters. The van der Waals surface area contributed by atoms with Gasteiger partial charge in [0.05, 0.1) is 10.5 Å². The minimum atomic E-state index is -0.472. The van der Waals surface area contributed by atoms with Crippen LogP contribution in [-0.4, -0.2) is 29.2 Å². The highest BCUT2D eigenvalue weighted by molar-refractivity contribution is 9.10. The molecule has 0 bridgehead atoms. The topological polar surface area (TPSA) is 77.3 Å². The monoisotopic (exact) mass is 303 g/mol. The molecule has 1 aromatic rings. The molecule has 1 heterocycles. The van der Waals surface area contributed by atoms with Crippen molar-refractivity contribution in [1.82, 2.24) is 4.98 Å². The van der Waals surface area contributed by atoms with E-state index < -0.39 is 10.5 Å². The maximum absolute atomic E-state index is 10.8. The average Bonchev–Trinajstić information content (AvgIpc) is 2.27. The van der Waals surface area contributed by atoms with E-state index in [0.717, 1.165) is 0 Å². The summed E-state index contributed by atoms with van der Waals surface area (Å²) in [6.45, 7) is 4.19. The highest BCUT2D eigenvalue weighted by Crippen LogP contribution is 2.25. The lowest BCUT2D eigenvalue weighted by atomic mass is 10.1. The summed E-state index contributed by atoms with van der Waals surface area (Å²) in [7, 11) is 1.59. The van der Waals surface area contributed by atoms with E-state index in [-0.39, 0.29) is 11.5 Å². The second kappa shape index (κ2) is 5.42. The molecule has 0 aliphatic carbocycles. The van der Waals surface area contributed by atoms with Crippen LogP contribution in [0.1, 0.15) is 13.8 Å². The van der Waals surface area contributed by atoms with Crippen LogP contribution in [0.2, 0.25) is 0 Å². The lowest BCUT2D eigenvalue weighted by Crippen LogP contribution is -2.32. The van der Waals surface area contributed by atoms with Gasteiger partial charge in [-0.05, 0) is 29.8 Å². The van der Waals surface area contributed by atoms with Gasteiger partial charge in [-0.1, -0.05) is 0 Å². The van der Waals surface area contributed by atoms with Gasteiger partial charge in [-0.15, -0.1) is 0 Å². The van der Waals surface area contributed by atoms with Gasteiger partial charge in [-0.3, -0.25) is 10.1 Å². The van der Waals surface area contributed by atoms with Crippen molar-refractivity contribution in [3.63, 3.8) is 0 Å². The Morgan fingerprint density at radius 2 is 2.29 bits per heavy atom. The second-order valence-corrected chi connectivity index (χ2v) is 5.01. The number of rotatable bonds is 5. The number of hydrogen-bond acceptors (Lipinski definition) is 5. The highest BCUT2D eigenvalue weighted by Gasteiger charge is 2.20. The van der Waals surface area contributed by atoms with Crippen LogP contribution in [0.3, 0.4) is 0 Å². The van der Waals surface area contributed by atoms with Gasteiger partial charge in [0, 0.05) is 30.4 Å². The van der Waals surface area contributed by atoms with Crippen LogP contribution in [0.4, 0.5) is 11.5 Å². The van der Waals surface area contributed by atoms with Crippen molar-refractivity contribution >= 4 is 27.4 Å². The van der Waals surface area contributed by atoms with Crippen LogP contribution in [0, 0.1) is 10.1 Å². The zero-order valence-electron chi connectivity index (χ0n) is 9.86. The zero-order valence-corrected chi connectivity index (χ0v) is 11.4. The van der Waals surface area contributed by atoms with Crippen molar-refractivity contribution in [3.8, 4) is 0 Å². The molecule has 0 saturated heterocycles. The van der Waals surface area contributed by atoms with Crippen LogP contribution in [0.15, 0.2) is 16.7 Å². The molecule has 0 fully saturated rings. The summed E-state index contributed by atoms with van der Waals surface area (Å²) >= 11 is 3.15. The van der Waals surface area contributed by atoms with E-state index >= 15 is 0 Å². The fraction of sp³-hybridized carbons (Fsp3) is 0.500. The lowest BCUT2D eigenvalue weighted by Gasteiger charge is -2.23. The molecule has 1 N–H and O–H groups in total. The molecule has 0 aliphatic heterocycles. The molecule has 0 aromatic carbocycles. The summed E-state index contributed by atoms with van der Waals surface area (Å²) in [6.07, 6.45) is 1.51. The number of pyridine rings is 1. The molecule has 0 saturated carbocycles. The molecule has 6 nitrogen and oxygen atoms in total. The summed E-state index contributed by atoms with van der Waals surface area (Å²) in [5.74, 6) is 0.239. The minimum absolute atomic E-state index is 0.0636. The van der Waals surface area contributed by atoms with Crippen LogP contribution < -0.4 is 5.32 Å². The Kier molecular flexibility index (Phi) is 4.41. The Bertz CT molecular complexity index is 423. The fourth-order valence-corrected chi connectivity index (χ4v) is 1.39. The summed E-state index contributed by atoms with van der Waals surface area (Å²) in [4.78, 5) is 14.4. The third-order valence-corrected chi connectivity index (χ3v) is 2.70. The SMILES string of the molecule is COC(C)(C)CNc1ncc(Br)cc1[N+](=O)[O-]. The van der Waals surface area contributed by atoms with Gasteiger partial charge in [0.15, 0.2) is 0 Å². The predicted molar refractivity (Wildman–Crippen MR) is 68.2 cm³/mol. The van der Waals surface area contributed by atoms with Crippen molar-refractivity contribution < 1.29 is 9.66 Å². The molecule has 0 radical (unpaired) electrons. The Morgan fingerprint density at radius 1 is 1.65 bits per heavy atom. The number of methoxy groups -OCH3 is 1. The van der Waals surface area contributed by atoms with E-state index in [2.05, 4.69) is 26.2 Å². The normalized spacial score (nSPS) is 11.3. The van der Waals surface area contributed by atoms with Gasteiger partial charge in [0.1, 0.15) is 0 Å². The van der Waals surface area contributed by atoms with Crippen molar-refractivity contribution in [3.05, 3.63) is 26.9 Å². The van der Waals surface area contributed by atoms with Gasteiger partial charge in [0.25, 0.3) is 0 Å². The third kappa shape index (κ3) is 3.94. The minimum Gasteiger partial charge on any atom is -0.377 e. The highest BCUT2D eigenvalue weighted by atomic mass is 79.9. The Balaban J connectivity index is 2.88. The van der Waals surface area contributed by atoms with E-state index in [1.165, 1.54) is 12.3 Å². The van der Waals surface area contributed by atoms with E-state index in [1.54, 1.807) is 7.11 Å². The first kappa shape index (κ1) is 13.9. The Hall–Kier alpha value is -1.21. The molecule has 17 heavy (non-hydrogen) atoms. The summed E-state index contributed by atoms with van der Waals surface area (Å²) in [6, 6.07) is 1.41. The molecule has 1 aromatic heterocycles. The molecular weight excluding hydrogens is 290 g/mol. The smallest absolute Gasteiger partial charge is 0.312 e. The van der Waals surface area contributed by atoms with Crippen LogP contribution in [0.5, 0.6) is 0 Å². The molecule has 7 heteroatoms. The Labute approximate surface area is 108 Å². The summed E-state index contributed by atoms with van der Waals surface area (Å²) < 4.78 is 5.78. The molecular formula is C10H14BrN3O3. The predicted octanol–water partition coefficient (Wildman–Crippen LogP) is 2.59. The van der Waals surface area contributed by atoms with Crippen molar-refractivity contribution in [2.24, 2.45) is 0 Å². The number of hydrogen-bond donors (Lipinski definition) is 1. The number of nitrogens with zero attached hydrogens (tertiary/aromatic N) is 2. The second-order valence-electron chi connectivity index (χ2n) is 4.10. The van der Waals surface area contributed by atoms with Gasteiger partial charge < -0.3 is 10.1 Å². The molecule has 94 valence electrons. The number of ether oxygens (including phenoxy) is 1. The fourth-order valence-electron chi connectivity index (χ4n) is 1.07. The number of halogens is 1. The molecule has 0 aliphatic rings. The van der Waals surface area contributed by atoms with Gasteiger partial charge in [0.2, 0.25) is 5.82 Å². The maximum atomic E-state index is 10.8. The molecule has 0 unspecified atom stereocenters. The van der Waals surface area contributed by atoms with E-state index in [4.69, 9.17) is 4.74 Å². The lowest BCUT2D eigenvalue weighted by molar-refractivity contribution is -0.384. The van der Waals surface area contributed by atoms with Gasteiger partial charge in [-0.25, -0.2) is 4.98 Å². The molecule has 0 spiro atoms. The first-order chi connectivity index (χ1) is 7.85. The number of aromatic nitrogens is 1. The average molecular weight is 304 g/mol. The first-order valence-corrected chi connectivity index (χ1v) is 5.74. The molecule has 0 amide bonds. The van der Waals surface area contributed by atoms with Crippen molar-refractivity contribution in [2.45, 2.75) is 19.4 Å². The summed E-state index contributed by atoms with van der Waals surface area (Å²) in [5.41, 5.74) is -0.478. The molecule has 1 rings (SSSR count). The van der Waals surface area contributed by atoms with Crippen LogP contribution in [-0.2, 0) is 4.74 Å².